The first-order chi connectivity index (χ1) is 10.7. The minimum absolute atomic E-state index is 0.0529. The van der Waals surface area contributed by atoms with Gasteiger partial charge in [-0.3, -0.25) is 4.79 Å². The lowest BCUT2D eigenvalue weighted by Crippen LogP contribution is -2.41. The highest BCUT2D eigenvalue weighted by molar-refractivity contribution is 7.10. The molecule has 0 radical (unpaired) electrons. The van der Waals surface area contributed by atoms with Gasteiger partial charge in [-0.25, -0.2) is 0 Å². The molecular weight excluding hydrogens is 314 g/mol. The van der Waals surface area contributed by atoms with Crippen molar-refractivity contribution in [1.82, 2.24) is 5.32 Å². The van der Waals surface area contributed by atoms with Crippen LogP contribution in [-0.4, -0.2) is 17.6 Å². The number of amides is 1. The second-order valence-corrected chi connectivity index (χ2v) is 7.71. The number of rotatable bonds is 6. The minimum Gasteiger partial charge on any atom is -0.378 e. The Morgan fingerprint density at radius 3 is 2.77 bits per heavy atom. The van der Waals surface area contributed by atoms with Crippen molar-refractivity contribution in [2.24, 2.45) is 5.92 Å². The van der Waals surface area contributed by atoms with Gasteiger partial charge >= 0.3 is 0 Å². The molecule has 1 atom stereocenters. The third-order valence-electron chi connectivity index (χ3n) is 4.42. The molecule has 2 aromatic rings. The lowest BCUT2D eigenvalue weighted by Gasteiger charge is -2.27. The molecule has 2 N–H and O–H groups in total. The summed E-state index contributed by atoms with van der Waals surface area (Å²) in [5.74, 6) is 0.577. The molecule has 1 aliphatic carbocycles. The smallest absolute Gasteiger partial charge is 0.220 e. The molecule has 0 bridgehead atoms. The lowest BCUT2D eigenvalue weighted by molar-refractivity contribution is -0.122. The monoisotopic (exact) mass is 335 g/mol. The Bertz CT molecular complexity index is 552. The van der Waals surface area contributed by atoms with E-state index in [1.807, 2.05) is 34.3 Å². The standard InChI is InChI=1S/C17H21NO2S2/c19-16(10-13-4-1-2-5-13)18-12-17(20,14-7-9-21-11-14)15-6-3-8-22-15/h3,6-9,11,13,20H,1-2,4-5,10,12H2,(H,18,19). The Morgan fingerprint density at radius 2 is 2.14 bits per heavy atom. The van der Waals surface area contributed by atoms with Crippen molar-refractivity contribution in [3.05, 3.63) is 44.8 Å². The molecule has 1 unspecified atom stereocenters. The summed E-state index contributed by atoms with van der Waals surface area (Å²) in [6, 6.07) is 5.77. The van der Waals surface area contributed by atoms with Gasteiger partial charge in [0.1, 0.15) is 5.60 Å². The predicted octanol–water partition coefficient (Wildman–Crippen LogP) is 3.74. The van der Waals surface area contributed by atoms with Crippen molar-refractivity contribution in [3.8, 4) is 0 Å². The van der Waals surface area contributed by atoms with E-state index in [0.29, 0.717) is 12.3 Å². The van der Waals surface area contributed by atoms with E-state index in [1.54, 1.807) is 11.3 Å². The van der Waals surface area contributed by atoms with Gasteiger partial charge in [-0.2, -0.15) is 11.3 Å². The second kappa shape index (κ2) is 6.94. The summed E-state index contributed by atoms with van der Waals surface area (Å²) in [5, 5.41) is 19.9. The molecule has 2 aromatic heterocycles. The van der Waals surface area contributed by atoms with E-state index in [0.717, 1.165) is 23.3 Å². The third kappa shape index (κ3) is 3.42. The van der Waals surface area contributed by atoms with E-state index >= 15 is 0 Å². The molecule has 3 nitrogen and oxygen atoms in total. The zero-order chi connectivity index (χ0) is 15.4. The van der Waals surface area contributed by atoms with Crippen LogP contribution >= 0.6 is 22.7 Å². The summed E-state index contributed by atoms with van der Waals surface area (Å²) in [5.41, 5.74) is -0.277. The van der Waals surface area contributed by atoms with Crippen LogP contribution in [0, 0.1) is 5.92 Å². The third-order valence-corrected chi connectivity index (χ3v) is 6.12. The summed E-state index contributed by atoms with van der Waals surface area (Å²) in [4.78, 5) is 13.0. The Balaban J connectivity index is 1.67. The fraction of sp³-hybridized carbons (Fsp3) is 0.471. The van der Waals surface area contributed by atoms with Gasteiger partial charge in [0.25, 0.3) is 0 Å². The summed E-state index contributed by atoms with van der Waals surface area (Å²) in [7, 11) is 0. The van der Waals surface area contributed by atoms with Gasteiger partial charge < -0.3 is 10.4 Å². The van der Waals surface area contributed by atoms with Crippen molar-refractivity contribution >= 4 is 28.6 Å². The fourth-order valence-electron chi connectivity index (χ4n) is 3.12. The summed E-state index contributed by atoms with van der Waals surface area (Å²) in [6.07, 6.45) is 5.39. The van der Waals surface area contributed by atoms with E-state index < -0.39 is 5.60 Å². The summed E-state index contributed by atoms with van der Waals surface area (Å²) >= 11 is 3.07. The highest BCUT2D eigenvalue weighted by atomic mass is 32.1. The molecule has 1 saturated carbocycles. The number of aliphatic hydroxyl groups is 1. The van der Waals surface area contributed by atoms with Gasteiger partial charge in [0, 0.05) is 16.9 Å². The fourth-order valence-corrected chi connectivity index (χ4v) is 4.69. The molecule has 3 rings (SSSR count). The van der Waals surface area contributed by atoms with Crippen LogP contribution in [0.2, 0.25) is 0 Å². The van der Waals surface area contributed by atoms with E-state index in [2.05, 4.69) is 5.32 Å². The molecule has 2 heterocycles. The maximum absolute atomic E-state index is 12.2. The van der Waals surface area contributed by atoms with Gasteiger partial charge in [0.2, 0.25) is 5.91 Å². The zero-order valence-electron chi connectivity index (χ0n) is 12.5. The van der Waals surface area contributed by atoms with Crippen LogP contribution in [0.4, 0.5) is 0 Å². The number of carbonyl (C=O) groups excluding carboxylic acids is 1. The molecular formula is C17H21NO2S2. The number of hydrogen-bond acceptors (Lipinski definition) is 4. The molecule has 1 amide bonds. The van der Waals surface area contributed by atoms with Crippen LogP contribution in [0.1, 0.15) is 42.5 Å². The average molecular weight is 335 g/mol. The molecule has 0 saturated heterocycles. The van der Waals surface area contributed by atoms with E-state index in [4.69, 9.17) is 0 Å². The maximum atomic E-state index is 12.2. The predicted molar refractivity (Wildman–Crippen MR) is 91.2 cm³/mol. The van der Waals surface area contributed by atoms with Crippen molar-refractivity contribution in [3.63, 3.8) is 0 Å². The number of thiophene rings is 2. The second-order valence-electron chi connectivity index (χ2n) is 5.98. The zero-order valence-corrected chi connectivity index (χ0v) is 14.1. The van der Waals surface area contributed by atoms with Crippen LogP contribution in [0.15, 0.2) is 34.3 Å². The minimum atomic E-state index is -1.13. The van der Waals surface area contributed by atoms with Crippen molar-refractivity contribution < 1.29 is 9.90 Å². The largest absolute Gasteiger partial charge is 0.378 e. The van der Waals surface area contributed by atoms with E-state index in [1.165, 1.54) is 24.2 Å². The lowest BCUT2D eigenvalue weighted by atomic mass is 9.94. The molecule has 0 spiro atoms. The van der Waals surface area contributed by atoms with Crippen LogP contribution in [0.5, 0.6) is 0 Å². The highest BCUT2D eigenvalue weighted by Crippen LogP contribution is 2.34. The van der Waals surface area contributed by atoms with Crippen LogP contribution in [0.3, 0.4) is 0 Å². The maximum Gasteiger partial charge on any atom is 0.220 e. The average Bonchev–Trinajstić information content (AvgIpc) is 3.26. The molecule has 1 fully saturated rings. The van der Waals surface area contributed by atoms with Gasteiger partial charge in [0.05, 0.1) is 6.54 Å². The molecule has 22 heavy (non-hydrogen) atoms. The van der Waals surface area contributed by atoms with Crippen LogP contribution in [0.25, 0.3) is 0 Å². The normalized spacial score (nSPS) is 18.2. The van der Waals surface area contributed by atoms with Crippen molar-refractivity contribution in [2.45, 2.75) is 37.7 Å². The van der Waals surface area contributed by atoms with E-state index in [9.17, 15) is 9.90 Å². The molecule has 5 heteroatoms. The van der Waals surface area contributed by atoms with Gasteiger partial charge in [-0.1, -0.05) is 18.9 Å². The first kappa shape index (κ1) is 15.7. The highest BCUT2D eigenvalue weighted by Gasteiger charge is 2.33. The van der Waals surface area contributed by atoms with Crippen LogP contribution in [-0.2, 0) is 10.4 Å². The molecule has 1 aliphatic rings. The number of nitrogens with one attached hydrogen (secondary N) is 1. The Labute approximate surface area is 139 Å². The first-order valence-corrected chi connectivity index (χ1v) is 9.56. The van der Waals surface area contributed by atoms with Crippen LogP contribution < -0.4 is 5.32 Å². The molecule has 0 aliphatic heterocycles. The van der Waals surface area contributed by atoms with E-state index in [-0.39, 0.29) is 12.5 Å². The van der Waals surface area contributed by atoms with Gasteiger partial charge in [0.15, 0.2) is 0 Å². The molecule has 118 valence electrons. The quantitative estimate of drug-likeness (QED) is 0.845. The van der Waals surface area contributed by atoms with Gasteiger partial charge in [-0.05, 0) is 47.0 Å². The Morgan fingerprint density at radius 1 is 1.32 bits per heavy atom. The Kier molecular flexibility index (Phi) is 4.96. The SMILES string of the molecule is O=C(CC1CCCC1)NCC(O)(c1ccsc1)c1cccs1. The number of hydrogen-bond donors (Lipinski definition) is 2. The topological polar surface area (TPSA) is 49.3 Å². The number of carbonyl (C=O) groups is 1. The van der Waals surface area contributed by atoms with Crippen molar-refractivity contribution in [2.75, 3.05) is 6.54 Å². The summed E-state index contributed by atoms with van der Waals surface area (Å²) < 4.78 is 0. The Hall–Kier alpha value is -1.17. The van der Waals surface area contributed by atoms with Gasteiger partial charge in [-0.15, -0.1) is 11.3 Å². The first-order valence-electron chi connectivity index (χ1n) is 7.74. The van der Waals surface area contributed by atoms with Crippen molar-refractivity contribution in [1.29, 1.82) is 0 Å². The summed E-state index contributed by atoms with van der Waals surface area (Å²) in [6.45, 7) is 0.232. The molecule has 0 aromatic carbocycles.